The number of carbonyl (C=O) groups excluding carboxylic acids is 1. The fraction of sp³-hybridized carbons (Fsp3) is 0.381. The molecule has 0 radical (unpaired) electrons. The molecule has 0 fully saturated rings. The molecule has 0 heterocycles. The van der Waals surface area contributed by atoms with Crippen LogP contribution in [0.5, 0.6) is 5.75 Å². The molecule has 0 aliphatic carbocycles. The number of carbonyl (C=O) groups is 1. The van der Waals surface area contributed by atoms with E-state index in [-0.39, 0.29) is 17.9 Å². The van der Waals surface area contributed by atoms with E-state index in [0.717, 1.165) is 5.56 Å². The van der Waals surface area contributed by atoms with Gasteiger partial charge in [-0.25, -0.2) is 0 Å². The van der Waals surface area contributed by atoms with Gasteiger partial charge in [-0.3, -0.25) is 4.79 Å². The number of amides is 1. The van der Waals surface area contributed by atoms with Crippen LogP contribution in [0.2, 0.25) is 0 Å². The Hall–Kier alpha value is -2.33. The Kier molecular flexibility index (Phi) is 5.85. The molecule has 25 heavy (non-hydrogen) atoms. The van der Waals surface area contributed by atoms with E-state index >= 15 is 0 Å². The Morgan fingerprint density at radius 3 is 2.36 bits per heavy atom. The largest absolute Gasteiger partial charge is 0.497 e. The average molecular weight is 341 g/mol. The van der Waals surface area contributed by atoms with E-state index in [0.29, 0.717) is 11.3 Å². The summed E-state index contributed by atoms with van der Waals surface area (Å²) in [5.74, 6) is 0.575. The van der Waals surface area contributed by atoms with Crippen molar-refractivity contribution in [2.75, 3.05) is 20.7 Å². The van der Waals surface area contributed by atoms with Gasteiger partial charge >= 0.3 is 0 Å². The minimum Gasteiger partial charge on any atom is -0.497 e. The number of methoxy groups -OCH3 is 1. The van der Waals surface area contributed by atoms with Gasteiger partial charge in [0.2, 0.25) is 0 Å². The van der Waals surface area contributed by atoms with E-state index < -0.39 is 6.10 Å². The number of aliphatic hydroxyl groups is 1. The Labute approximate surface area is 150 Å². The molecule has 1 amide bonds. The molecule has 2 rings (SSSR count). The summed E-state index contributed by atoms with van der Waals surface area (Å²) < 4.78 is 5.17. The van der Waals surface area contributed by atoms with Gasteiger partial charge in [0.15, 0.2) is 0 Å². The monoisotopic (exact) mass is 341 g/mol. The summed E-state index contributed by atoms with van der Waals surface area (Å²) in [5.41, 5.74) is 2.58. The second-order valence-electron chi connectivity index (χ2n) is 7.31. The Bertz CT molecular complexity index is 717. The maximum absolute atomic E-state index is 12.6. The van der Waals surface area contributed by atoms with E-state index in [1.165, 1.54) is 10.5 Å². The van der Waals surface area contributed by atoms with Crippen LogP contribution < -0.4 is 4.74 Å². The van der Waals surface area contributed by atoms with Crippen molar-refractivity contribution in [1.29, 1.82) is 0 Å². The van der Waals surface area contributed by atoms with Crippen LogP contribution in [0.1, 0.15) is 48.4 Å². The summed E-state index contributed by atoms with van der Waals surface area (Å²) in [6, 6.07) is 14.9. The number of hydrogen-bond donors (Lipinski definition) is 1. The third-order valence-electron chi connectivity index (χ3n) is 4.27. The lowest BCUT2D eigenvalue weighted by Crippen LogP contribution is -2.31. The number of rotatable bonds is 5. The minimum absolute atomic E-state index is 0.0516. The molecular weight excluding hydrogens is 314 g/mol. The van der Waals surface area contributed by atoms with Crippen molar-refractivity contribution < 1.29 is 14.6 Å². The minimum atomic E-state index is -0.766. The number of hydrogen-bond acceptors (Lipinski definition) is 3. The van der Waals surface area contributed by atoms with E-state index in [2.05, 4.69) is 20.8 Å². The van der Waals surface area contributed by atoms with Crippen molar-refractivity contribution in [3.8, 4) is 5.75 Å². The molecule has 134 valence electrons. The maximum atomic E-state index is 12.6. The predicted octanol–water partition coefficient (Wildman–Crippen LogP) is 3.80. The van der Waals surface area contributed by atoms with Crippen LogP contribution in [0, 0.1) is 0 Å². The van der Waals surface area contributed by atoms with E-state index in [4.69, 9.17) is 4.74 Å². The summed E-state index contributed by atoms with van der Waals surface area (Å²) >= 11 is 0. The first-order valence-electron chi connectivity index (χ1n) is 8.40. The Balaban J connectivity index is 2.06. The molecular formula is C21H27NO3. The molecule has 2 aromatic carbocycles. The average Bonchev–Trinajstić information content (AvgIpc) is 2.60. The third kappa shape index (κ3) is 4.83. The van der Waals surface area contributed by atoms with Crippen molar-refractivity contribution in [1.82, 2.24) is 4.90 Å². The van der Waals surface area contributed by atoms with E-state index in [9.17, 15) is 9.90 Å². The van der Waals surface area contributed by atoms with Gasteiger partial charge in [-0.2, -0.15) is 0 Å². The maximum Gasteiger partial charge on any atom is 0.253 e. The van der Waals surface area contributed by atoms with Crippen LogP contribution in [0.15, 0.2) is 48.5 Å². The highest BCUT2D eigenvalue weighted by Crippen LogP contribution is 2.23. The van der Waals surface area contributed by atoms with Gasteiger partial charge in [-0.05, 0) is 40.8 Å². The number of nitrogens with zero attached hydrogens (tertiary/aromatic N) is 1. The fourth-order valence-electron chi connectivity index (χ4n) is 2.63. The number of benzene rings is 2. The summed E-state index contributed by atoms with van der Waals surface area (Å²) in [4.78, 5) is 14.1. The number of likely N-dealkylation sites (N-methyl/N-ethyl adjacent to an activating group) is 1. The van der Waals surface area contributed by atoms with Crippen LogP contribution in [-0.2, 0) is 5.41 Å². The predicted molar refractivity (Wildman–Crippen MR) is 100 cm³/mol. The number of ether oxygens (including phenoxy) is 1. The van der Waals surface area contributed by atoms with Crippen molar-refractivity contribution in [3.63, 3.8) is 0 Å². The molecule has 1 N–H and O–H groups in total. The zero-order chi connectivity index (χ0) is 18.6. The van der Waals surface area contributed by atoms with Crippen LogP contribution in [-0.4, -0.2) is 36.6 Å². The van der Waals surface area contributed by atoms with Crippen LogP contribution in [0.25, 0.3) is 0 Å². The van der Waals surface area contributed by atoms with Crippen molar-refractivity contribution in [2.24, 2.45) is 0 Å². The highest BCUT2D eigenvalue weighted by molar-refractivity contribution is 5.94. The highest BCUT2D eigenvalue weighted by Gasteiger charge is 2.18. The molecule has 4 heteroatoms. The van der Waals surface area contributed by atoms with Gasteiger partial charge in [-0.15, -0.1) is 0 Å². The quantitative estimate of drug-likeness (QED) is 0.900. The molecule has 0 saturated heterocycles. The van der Waals surface area contributed by atoms with Gasteiger partial charge in [0.25, 0.3) is 5.91 Å². The lowest BCUT2D eigenvalue weighted by atomic mass is 9.86. The summed E-state index contributed by atoms with van der Waals surface area (Å²) in [5, 5.41) is 10.4. The van der Waals surface area contributed by atoms with Crippen molar-refractivity contribution >= 4 is 5.91 Å². The summed E-state index contributed by atoms with van der Waals surface area (Å²) in [7, 11) is 3.28. The lowest BCUT2D eigenvalue weighted by Gasteiger charge is -2.22. The Morgan fingerprint density at radius 2 is 1.80 bits per heavy atom. The van der Waals surface area contributed by atoms with Crippen LogP contribution >= 0.6 is 0 Å². The highest BCUT2D eigenvalue weighted by atomic mass is 16.5. The first-order chi connectivity index (χ1) is 11.7. The fourth-order valence-corrected chi connectivity index (χ4v) is 2.63. The molecule has 0 spiro atoms. The molecule has 0 aliphatic heterocycles. The SMILES string of the molecule is COc1cccc(C(O)CN(C)C(=O)c2ccc(C(C)(C)C)cc2)c1. The van der Waals surface area contributed by atoms with Gasteiger partial charge in [0.05, 0.1) is 19.8 Å². The molecule has 2 aromatic rings. The van der Waals surface area contributed by atoms with Gasteiger partial charge < -0.3 is 14.7 Å². The molecule has 0 saturated carbocycles. The molecule has 0 aliphatic rings. The second-order valence-corrected chi connectivity index (χ2v) is 7.31. The third-order valence-corrected chi connectivity index (χ3v) is 4.27. The van der Waals surface area contributed by atoms with Crippen molar-refractivity contribution in [2.45, 2.75) is 32.3 Å². The molecule has 1 atom stereocenters. The standard InChI is InChI=1S/C21H27NO3/c1-21(2,3)17-11-9-15(10-12-17)20(24)22(4)14-19(23)16-7-6-8-18(13-16)25-5/h6-13,19,23H,14H2,1-5H3. The lowest BCUT2D eigenvalue weighted by molar-refractivity contribution is 0.0681. The number of aliphatic hydroxyl groups excluding tert-OH is 1. The smallest absolute Gasteiger partial charge is 0.253 e. The molecule has 1 unspecified atom stereocenters. The van der Waals surface area contributed by atoms with E-state index in [1.807, 2.05) is 42.5 Å². The summed E-state index contributed by atoms with van der Waals surface area (Å²) in [6.07, 6.45) is -0.766. The zero-order valence-corrected chi connectivity index (χ0v) is 15.6. The van der Waals surface area contributed by atoms with E-state index in [1.54, 1.807) is 20.2 Å². The van der Waals surface area contributed by atoms with Crippen molar-refractivity contribution in [3.05, 3.63) is 65.2 Å². The van der Waals surface area contributed by atoms with Gasteiger partial charge in [0, 0.05) is 12.6 Å². The molecule has 4 nitrogen and oxygen atoms in total. The van der Waals surface area contributed by atoms with Crippen LogP contribution in [0.4, 0.5) is 0 Å². The van der Waals surface area contributed by atoms with Crippen LogP contribution in [0.3, 0.4) is 0 Å². The summed E-state index contributed by atoms with van der Waals surface area (Å²) in [6.45, 7) is 6.63. The topological polar surface area (TPSA) is 49.8 Å². The molecule has 0 bridgehead atoms. The normalized spacial score (nSPS) is 12.6. The van der Waals surface area contributed by atoms with Gasteiger partial charge in [-0.1, -0.05) is 45.0 Å². The van der Waals surface area contributed by atoms with Gasteiger partial charge in [0.1, 0.15) is 5.75 Å². The Morgan fingerprint density at radius 1 is 1.16 bits per heavy atom. The zero-order valence-electron chi connectivity index (χ0n) is 15.6. The second kappa shape index (κ2) is 7.70. The first kappa shape index (κ1) is 19.0. The molecule has 0 aromatic heterocycles. The first-order valence-corrected chi connectivity index (χ1v) is 8.40.